The molecule has 0 amide bonds. The van der Waals surface area contributed by atoms with Gasteiger partial charge in [0.15, 0.2) is 0 Å². The van der Waals surface area contributed by atoms with Crippen LogP contribution in [0.2, 0.25) is 0 Å². The fraction of sp³-hybridized carbons (Fsp3) is 0.571. The van der Waals surface area contributed by atoms with Crippen LogP contribution in [0.3, 0.4) is 0 Å². The summed E-state index contributed by atoms with van der Waals surface area (Å²) in [6, 6.07) is 1.28. The normalized spacial score (nSPS) is 11.4. The molecule has 9 nitrogen and oxygen atoms in total. The molecule has 2 N–H and O–H groups in total. The quantitative estimate of drug-likeness (QED) is 0.482. The van der Waals surface area contributed by atoms with E-state index in [4.69, 9.17) is 19.4 Å². The van der Waals surface area contributed by atoms with Crippen LogP contribution >= 0.6 is 12.6 Å². The number of ether oxygens (including phenoxy) is 2. The molecule has 1 heterocycles. The number of carboxylic acid groups (broad SMARTS) is 1. The summed E-state index contributed by atoms with van der Waals surface area (Å²) in [7, 11) is 1.52. The van der Waals surface area contributed by atoms with Crippen molar-refractivity contribution in [1.29, 1.82) is 0 Å². The van der Waals surface area contributed by atoms with Crippen molar-refractivity contribution in [2.75, 3.05) is 13.7 Å². The summed E-state index contributed by atoms with van der Waals surface area (Å²) in [6.45, 7) is 4.02. The summed E-state index contributed by atoms with van der Waals surface area (Å²) >= 11 is 2.88. The Kier molecular flexibility index (Phi) is 10.5. The SMILES string of the molecule is COC(CCn1ccc(=O)[nH]c1=O)COC(=O)C(C)C.O=C(O)S. The summed E-state index contributed by atoms with van der Waals surface area (Å²) in [5.74, 6) is -0.470. The van der Waals surface area contributed by atoms with Crippen molar-refractivity contribution in [2.45, 2.75) is 32.9 Å². The Morgan fingerprint density at radius 2 is 1.96 bits per heavy atom. The molecule has 0 aliphatic carbocycles. The first-order chi connectivity index (χ1) is 11.2. The van der Waals surface area contributed by atoms with Gasteiger partial charge < -0.3 is 19.1 Å². The van der Waals surface area contributed by atoms with Gasteiger partial charge in [0.05, 0.1) is 12.0 Å². The maximum absolute atomic E-state index is 11.5. The van der Waals surface area contributed by atoms with E-state index in [0.29, 0.717) is 13.0 Å². The standard InChI is InChI=1S/C13H20N2O5.CH2O2S/c1-9(2)12(17)20-8-10(19-3)4-6-15-7-5-11(16)14-13(15)18;2-1(3)4/h5,7,9-10H,4,6,8H2,1-3H3,(H,14,16,18);4H,(H,2,3). The lowest BCUT2D eigenvalue weighted by atomic mass is 10.2. The third kappa shape index (κ3) is 9.85. The van der Waals surface area contributed by atoms with Gasteiger partial charge in [0.25, 0.3) is 5.56 Å². The molecule has 0 bridgehead atoms. The largest absolute Gasteiger partial charge is 0.473 e. The van der Waals surface area contributed by atoms with Crippen molar-refractivity contribution < 1.29 is 24.2 Å². The van der Waals surface area contributed by atoms with Crippen molar-refractivity contribution in [1.82, 2.24) is 9.55 Å². The topological polar surface area (TPSA) is 128 Å². The molecule has 0 radical (unpaired) electrons. The zero-order valence-electron chi connectivity index (χ0n) is 13.7. The van der Waals surface area contributed by atoms with Crippen molar-refractivity contribution in [2.24, 2.45) is 5.92 Å². The molecule has 136 valence electrons. The van der Waals surface area contributed by atoms with E-state index in [1.54, 1.807) is 13.8 Å². The highest BCUT2D eigenvalue weighted by Crippen LogP contribution is 2.03. The van der Waals surface area contributed by atoms with Crippen LogP contribution in [0.25, 0.3) is 0 Å². The number of esters is 1. The first kappa shape index (κ1) is 21.9. The van der Waals surface area contributed by atoms with Gasteiger partial charge in [0.1, 0.15) is 6.61 Å². The number of aryl methyl sites for hydroxylation is 1. The van der Waals surface area contributed by atoms with Gasteiger partial charge in [-0.25, -0.2) is 9.59 Å². The van der Waals surface area contributed by atoms with Gasteiger partial charge in [-0.2, -0.15) is 0 Å². The minimum Gasteiger partial charge on any atom is -0.473 e. The van der Waals surface area contributed by atoms with Gasteiger partial charge in [-0.15, -0.1) is 0 Å². The molecule has 1 unspecified atom stereocenters. The Hall–Kier alpha value is -2.07. The van der Waals surface area contributed by atoms with Gasteiger partial charge in [-0.1, -0.05) is 26.5 Å². The molecule has 1 atom stereocenters. The molecule has 0 spiro atoms. The number of aromatic amines is 1. The maximum Gasteiger partial charge on any atom is 0.361 e. The second kappa shape index (κ2) is 11.5. The predicted octanol–water partition coefficient (Wildman–Crippen LogP) is 0.735. The fourth-order valence-corrected chi connectivity index (χ4v) is 1.51. The first-order valence-electron chi connectivity index (χ1n) is 7.08. The van der Waals surface area contributed by atoms with Crippen LogP contribution in [0.4, 0.5) is 4.79 Å². The highest BCUT2D eigenvalue weighted by Gasteiger charge is 2.14. The molecule has 10 heteroatoms. The van der Waals surface area contributed by atoms with Crippen molar-refractivity contribution in [3.63, 3.8) is 0 Å². The molecule has 0 saturated carbocycles. The van der Waals surface area contributed by atoms with Crippen LogP contribution in [0.15, 0.2) is 21.9 Å². The number of aromatic nitrogens is 2. The van der Waals surface area contributed by atoms with Crippen LogP contribution in [-0.2, 0) is 20.8 Å². The maximum atomic E-state index is 11.5. The molecular weight excluding hydrogens is 340 g/mol. The molecule has 1 rings (SSSR count). The van der Waals surface area contributed by atoms with Gasteiger partial charge in [-0.05, 0) is 6.42 Å². The molecule has 0 fully saturated rings. The minimum absolute atomic E-state index is 0.144. The summed E-state index contributed by atoms with van der Waals surface area (Å²) in [5, 5.41) is 6.14. The lowest BCUT2D eigenvalue weighted by Crippen LogP contribution is -2.31. The molecule has 0 aromatic carbocycles. The average Bonchev–Trinajstić information content (AvgIpc) is 2.48. The van der Waals surface area contributed by atoms with E-state index in [1.165, 1.54) is 23.9 Å². The Labute approximate surface area is 144 Å². The van der Waals surface area contributed by atoms with E-state index in [1.807, 2.05) is 0 Å². The van der Waals surface area contributed by atoms with Crippen LogP contribution in [0.1, 0.15) is 20.3 Å². The van der Waals surface area contributed by atoms with Gasteiger partial charge >= 0.3 is 17.0 Å². The molecule has 0 saturated heterocycles. The van der Waals surface area contributed by atoms with Gasteiger partial charge in [0, 0.05) is 25.9 Å². The smallest absolute Gasteiger partial charge is 0.361 e. The van der Waals surface area contributed by atoms with Crippen LogP contribution in [-0.4, -0.2) is 45.7 Å². The molecule has 0 aliphatic heterocycles. The predicted molar refractivity (Wildman–Crippen MR) is 89.5 cm³/mol. The van der Waals surface area contributed by atoms with Crippen LogP contribution in [0, 0.1) is 5.92 Å². The van der Waals surface area contributed by atoms with E-state index in [-0.39, 0.29) is 24.6 Å². The number of carbonyl (C=O) groups is 2. The van der Waals surface area contributed by atoms with Crippen molar-refractivity contribution >= 4 is 23.9 Å². The third-order valence-corrected chi connectivity index (χ3v) is 2.81. The Balaban J connectivity index is 0.00000118. The van der Waals surface area contributed by atoms with Crippen molar-refractivity contribution in [3.05, 3.63) is 33.1 Å². The number of hydrogen-bond acceptors (Lipinski definition) is 6. The number of H-pyrrole nitrogens is 1. The Bertz CT molecular complexity index is 635. The molecular formula is C14H22N2O7S. The minimum atomic E-state index is -1.14. The van der Waals surface area contributed by atoms with E-state index in [0.717, 1.165) is 0 Å². The third-order valence-electron chi connectivity index (χ3n) is 2.81. The summed E-state index contributed by atoms with van der Waals surface area (Å²) in [6.07, 6.45) is 1.62. The highest BCUT2D eigenvalue weighted by atomic mass is 32.1. The lowest BCUT2D eigenvalue weighted by molar-refractivity contribution is -0.151. The average molecular weight is 362 g/mol. The van der Waals surface area contributed by atoms with E-state index in [2.05, 4.69) is 17.6 Å². The number of nitrogens with one attached hydrogen (secondary N) is 1. The van der Waals surface area contributed by atoms with E-state index in [9.17, 15) is 14.4 Å². The molecule has 0 aliphatic rings. The van der Waals surface area contributed by atoms with Crippen molar-refractivity contribution in [3.8, 4) is 0 Å². The summed E-state index contributed by atoms with van der Waals surface area (Å²) in [5.41, 5.74) is -0.896. The number of methoxy groups -OCH3 is 1. The van der Waals surface area contributed by atoms with Crippen LogP contribution in [0.5, 0.6) is 0 Å². The number of carbonyl (C=O) groups excluding carboxylic acids is 1. The second-order valence-electron chi connectivity index (χ2n) is 5.02. The molecule has 24 heavy (non-hydrogen) atoms. The second-order valence-corrected chi connectivity index (χ2v) is 5.40. The van der Waals surface area contributed by atoms with Gasteiger partial charge in [0.2, 0.25) is 0 Å². The monoisotopic (exact) mass is 362 g/mol. The fourth-order valence-electron chi connectivity index (χ4n) is 1.51. The molecule has 1 aromatic rings. The lowest BCUT2D eigenvalue weighted by Gasteiger charge is -2.16. The van der Waals surface area contributed by atoms with Gasteiger partial charge in [-0.3, -0.25) is 14.6 Å². The molecule has 1 aromatic heterocycles. The Morgan fingerprint density at radius 1 is 1.38 bits per heavy atom. The van der Waals surface area contributed by atoms with E-state index >= 15 is 0 Å². The van der Waals surface area contributed by atoms with E-state index < -0.39 is 16.6 Å². The number of thiol groups is 1. The summed E-state index contributed by atoms with van der Waals surface area (Å²) in [4.78, 5) is 44.8. The number of nitrogens with zero attached hydrogens (tertiary/aromatic N) is 1. The Morgan fingerprint density at radius 3 is 2.42 bits per heavy atom. The zero-order chi connectivity index (χ0) is 18.7. The number of rotatable bonds is 7. The van der Waals surface area contributed by atoms with Crippen LogP contribution < -0.4 is 11.2 Å². The zero-order valence-corrected chi connectivity index (χ0v) is 14.6. The first-order valence-corrected chi connectivity index (χ1v) is 7.53. The highest BCUT2D eigenvalue weighted by molar-refractivity contribution is 7.96. The summed E-state index contributed by atoms with van der Waals surface area (Å²) < 4.78 is 11.7. The number of hydrogen-bond donors (Lipinski definition) is 3.